The molecule has 1 aromatic carbocycles. The molecule has 0 aliphatic rings. The number of benzene rings is 1. The van der Waals surface area contributed by atoms with Crippen molar-refractivity contribution in [2.75, 3.05) is 13.2 Å². The number of aliphatic hydroxyl groups is 1. The third kappa shape index (κ3) is 8.99. The quantitative estimate of drug-likeness (QED) is 0.535. The van der Waals surface area contributed by atoms with E-state index in [0.717, 1.165) is 18.4 Å². The second kappa shape index (κ2) is 12.5. The molecule has 2 atom stereocenters. The van der Waals surface area contributed by atoms with Crippen molar-refractivity contribution in [1.82, 2.24) is 10.6 Å². The third-order valence-electron chi connectivity index (χ3n) is 4.34. The first-order valence-corrected chi connectivity index (χ1v) is 9.68. The zero-order chi connectivity index (χ0) is 19.4. The van der Waals surface area contributed by atoms with Gasteiger partial charge in [0.15, 0.2) is 0 Å². The summed E-state index contributed by atoms with van der Waals surface area (Å²) in [4.78, 5) is 24.8. The van der Waals surface area contributed by atoms with E-state index in [2.05, 4.69) is 24.5 Å². The fraction of sp³-hybridized carbons (Fsp3) is 0.619. The van der Waals surface area contributed by atoms with Crippen LogP contribution in [0.3, 0.4) is 0 Å². The SMILES string of the molecule is CCCC(NC(=O)Cc1ccccc1)C(=O)NCC(CCO)CC(C)C. The van der Waals surface area contributed by atoms with Gasteiger partial charge in [-0.25, -0.2) is 0 Å². The Balaban J connectivity index is 2.55. The van der Waals surface area contributed by atoms with Crippen molar-refractivity contribution in [3.8, 4) is 0 Å². The molecule has 0 spiro atoms. The van der Waals surface area contributed by atoms with Crippen molar-refractivity contribution in [3.05, 3.63) is 35.9 Å². The standard InChI is InChI=1S/C21H34N2O3/c1-4-8-19(23-20(25)14-17-9-6-5-7-10-17)21(26)22-15-18(11-12-24)13-16(2)3/h5-7,9-10,16,18-19,24H,4,8,11-15H2,1-3H3,(H,22,26)(H,23,25). The van der Waals surface area contributed by atoms with E-state index >= 15 is 0 Å². The van der Waals surface area contributed by atoms with Crippen LogP contribution in [0.1, 0.15) is 52.0 Å². The van der Waals surface area contributed by atoms with Crippen LogP contribution in [0, 0.1) is 11.8 Å². The van der Waals surface area contributed by atoms with E-state index < -0.39 is 6.04 Å². The highest BCUT2D eigenvalue weighted by Gasteiger charge is 2.21. The first kappa shape index (κ1) is 22.2. The number of aliphatic hydroxyl groups excluding tert-OH is 1. The van der Waals surface area contributed by atoms with E-state index in [9.17, 15) is 14.7 Å². The van der Waals surface area contributed by atoms with Crippen LogP contribution in [0.4, 0.5) is 0 Å². The summed E-state index contributed by atoms with van der Waals surface area (Å²) < 4.78 is 0. The lowest BCUT2D eigenvalue weighted by Crippen LogP contribution is -2.48. The topological polar surface area (TPSA) is 78.4 Å². The van der Waals surface area contributed by atoms with E-state index in [1.807, 2.05) is 37.3 Å². The largest absolute Gasteiger partial charge is 0.396 e. The van der Waals surface area contributed by atoms with Crippen LogP contribution in [0.5, 0.6) is 0 Å². The van der Waals surface area contributed by atoms with Gasteiger partial charge in [-0.15, -0.1) is 0 Å². The molecule has 0 heterocycles. The van der Waals surface area contributed by atoms with Gasteiger partial charge in [0.2, 0.25) is 11.8 Å². The van der Waals surface area contributed by atoms with E-state index in [0.29, 0.717) is 25.3 Å². The molecule has 0 bridgehead atoms. The smallest absolute Gasteiger partial charge is 0.242 e. The van der Waals surface area contributed by atoms with Crippen LogP contribution in [-0.2, 0) is 16.0 Å². The molecule has 146 valence electrons. The van der Waals surface area contributed by atoms with Gasteiger partial charge >= 0.3 is 0 Å². The monoisotopic (exact) mass is 362 g/mol. The molecule has 2 unspecified atom stereocenters. The predicted octanol–water partition coefficient (Wildman–Crippen LogP) is 2.67. The van der Waals surface area contributed by atoms with Gasteiger partial charge in [0.1, 0.15) is 6.04 Å². The Morgan fingerprint density at radius 2 is 1.81 bits per heavy atom. The Morgan fingerprint density at radius 1 is 1.12 bits per heavy atom. The lowest BCUT2D eigenvalue weighted by molar-refractivity contribution is -0.129. The van der Waals surface area contributed by atoms with Gasteiger partial charge in [-0.05, 0) is 36.7 Å². The van der Waals surface area contributed by atoms with Crippen LogP contribution < -0.4 is 10.6 Å². The summed E-state index contributed by atoms with van der Waals surface area (Å²) in [5.74, 6) is 0.491. The number of nitrogens with one attached hydrogen (secondary N) is 2. The van der Waals surface area contributed by atoms with E-state index in [4.69, 9.17) is 0 Å². The molecule has 5 heteroatoms. The molecule has 26 heavy (non-hydrogen) atoms. The van der Waals surface area contributed by atoms with Gasteiger partial charge in [0, 0.05) is 13.2 Å². The highest BCUT2D eigenvalue weighted by molar-refractivity contribution is 5.88. The molecule has 0 aromatic heterocycles. The number of hydrogen-bond acceptors (Lipinski definition) is 3. The molecule has 0 saturated heterocycles. The zero-order valence-corrected chi connectivity index (χ0v) is 16.3. The van der Waals surface area contributed by atoms with Crippen molar-refractivity contribution in [2.45, 2.75) is 58.9 Å². The van der Waals surface area contributed by atoms with Crippen LogP contribution >= 0.6 is 0 Å². The lowest BCUT2D eigenvalue weighted by atomic mass is 9.94. The Morgan fingerprint density at radius 3 is 2.38 bits per heavy atom. The summed E-state index contributed by atoms with van der Waals surface area (Å²) in [6.45, 7) is 6.93. The van der Waals surface area contributed by atoms with E-state index in [1.54, 1.807) is 0 Å². The maximum absolute atomic E-state index is 12.5. The molecule has 0 radical (unpaired) electrons. The molecule has 1 rings (SSSR count). The van der Waals surface area contributed by atoms with Crippen molar-refractivity contribution in [3.63, 3.8) is 0 Å². The Bertz CT molecular complexity index is 531. The van der Waals surface area contributed by atoms with Crippen molar-refractivity contribution in [2.24, 2.45) is 11.8 Å². The van der Waals surface area contributed by atoms with Gasteiger partial charge in [-0.3, -0.25) is 9.59 Å². The van der Waals surface area contributed by atoms with Gasteiger partial charge < -0.3 is 15.7 Å². The minimum absolute atomic E-state index is 0.124. The molecule has 1 aromatic rings. The van der Waals surface area contributed by atoms with Gasteiger partial charge in [-0.1, -0.05) is 57.5 Å². The van der Waals surface area contributed by atoms with Crippen LogP contribution in [0.2, 0.25) is 0 Å². The molecule has 2 amide bonds. The first-order chi connectivity index (χ1) is 12.5. The van der Waals surface area contributed by atoms with Gasteiger partial charge in [-0.2, -0.15) is 0 Å². The predicted molar refractivity (Wildman–Crippen MR) is 105 cm³/mol. The first-order valence-electron chi connectivity index (χ1n) is 9.68. The molecule has 0 aliphatic heterocycles. The minimum atomic E-state index is -0.509. The zero-order valence-electron chi connectivity index (χ0n) is 16.3. The summed E-state index contributed by atoms with van der Waals surface area (Å²) in [5, 5.41) is 15.0. The molecular weight excluding hydrogens is 328 g/mol. The Labute approximate surface area is 157 Å². The second-order valence-corrected chi connectivity index (χ2v) is 7.32. The normalized spacial score (nSPS) is 13.3. The summed E-state index contributed by atoms with van der Waals surface area (Å²) in [5.41, 5.74) is 0.931. The number of rotatable bonds is 12. The molecule has 0 saturated carbocycles. The summed E-state index contributed by atoms with van der Waals surface area (Å²) in [6.07, 6.45) is 3.34. The maximum Gasteiger partial charge on any atom is 0.242 e. The van der Waals surface area contributed by atoms with E-state index in [-0.39, 0.29) is 30.8 Å². The number of amides is 2. The van der Waals surface area contributed by atoms with Crippen molar-refractivity contribution >= 4 is 11.8 Å². The maximum atomic E-state index is 12.5. The van der Waals surface area contributed by atoms with Crippen LogP contribution in [0.25, 0.3) is 0 Å². The summed E-state index contributed by atoms with van der Waals surface area (Å²) in [7, 11) is 0. The van der Waals surface area contributed by atoms with E-state index in [1.165, 1.54) is 0 Å². The molecule has 0 aliphatic carbocycles. The average Bonchev–Trinajstić information content (AvgIpc) is 2.59. The number of carbonyl (C=O) groups is 2. The van der Waals surface area contributed by atoms with Crippen LogP contribution in [-0.4, -0.2) is 36.1 Å². The van der Waals surface area contributed by atoms with Gasteiger partial charge in [0.25, 0.3) is 0 Å². The molecule has 5 nitrogen and oxygen atoms in total. The highest BCUT2D eigenvalue weighted by Crippen LogP contribution is 2.14. The Hall–Kier alpha value is -1.88. The van der Waals surface area contributed by atoms with Crippen molar-refractivity contribution in [1.29, 1.82) is 0 Å². The third-order valence-corrected chi connectivity index (χ3v) is 4.34. The minimum Gasteiger partial charge on any atom is -0.396 e. The fourth-order valence-electron chi connectivity index (χ4n) is 3.10. The Kier molecular flexibility index (Phi) is 10.6. The molecule has 3 N–H and O–H groups in total. The van der Waals surface area contributed by atoms with Gasteiger partial charge in [0.05, 0.1) is 6.42 Å². The molecule has 0 fully saturated rings. The lowest BCUT2D eigenvalue weighted by Gasteiger charge is -2.22. The number of carbonyl (C=O) groups excluding carboxylic acids is 2. The summed E-state index contributed by atoms with van der Waals surface area (Å²) in [6, 6.07) is 9.00. The highest BCUT2D eigenvalue weighted by atomic mass is 16.3. The average molecular weight is 363 g/mol. The number of hydrogen-bond donors (Lipinski definition) is 3. The molecular formula is C21H34N2O3. The fourth-order valence-corrected chi connectivity index (χ4v) is 3.10. The van der Waals surface area contributed by atoms with Crippen LogP contribution in [0.15, 0.2) is 30.3 Å². The van der Waals surface area contributed by atoms with Crippen molar-refractivity contribution < 1.29 is 14.7 Å². The summed E-state index contributed by atoms with van der Waals surface area (Å²) >= 11 is 0. The second-order valence-electron chi connectivity index (χ2n) is 7.32.